The highest BCUT2D eigenvalue weighted by Crippen LogP contribution is 2.53. The van der Waals surface area contributed by atoms with Gasteiger partial charge in [-0.15, -0.1) is 22.7 Å². The van der Waals surface area contributed by atoms with Crippen LogP contribution in [0.5, 0.6) is 11.5 Å². The van der Waals surface area contributed by atoms with Crippen molar-refractivity contribution < 1.29 is 4.74 Å². The van der Waals surface area contributed by atoms with Gasteiger partial charge >= 0.3 is 0 Å². The van der Waals surface area contributed by atoms with Crippen LogP contribution >= 0.6 is 22.7 Å². The summed E-state index contributed by atoms with van der Waals surface area (Å²) in [5.74, 6) is 1.66. The van der Waals surface area contributed by atoms with Crippen molar-refractivity contribution in [3.05, 3.63) is 322 Å². The summed E-state index contributed by atoms with van der Waals surface area (Å²) in [6.45, 7) is -0.366. The van der Waals surface area contributed by atoms with Crippen molar-refractivity contribution in [2.45, 2.75) is 0 Å². The second-order valence-corrected chi connectivity index (χ2v) is 26.8. The number of para-hydroxylation sites is 7. The van der Waals surface area contributed by atoms with Gasteiger partial charge < -0.3 is 29.2 Å². The summed E-state index contributed by atoms with van der Waals surface area (Å²) in [7, 11) is 0. The van der Waals surface area contributed by atoms with Crippen LogP contribution in [0.15, 0.2) is 322 Å². The highest BCUT2D eigenvalue weighted by Gasteiger charge is 2.48. The van der Waals surface area contributed by atoms with Crippen molar-refractivity contribution in [3.63, 3.8) is 0 Å². The average molecular weight is 1230 g/mol. The summed E-state index contributed by atoms with van der Waals surface area (Å²) >= 11 is 3.71. The van der Waals surface area contributed by atoms with Gasteiger partial charge in [-0.05, 0) is 148 Å². The van der Waals surface area contributed by atoms with Gasteiger partial charge in [0.05, 0.1) is 32.1 Å². The van der Waals surface area contributed by atoms with Crippen LogP contribution in [0.2, 0.25) is 0 Å². The largest absolute Gasteiger partial charge is 0.458 e. The fourth-order valence-corrected chi connectivity index (χ4v) is 18.2. The zero-order chi connectivity index (χ0) is 61.5. The second kappa shape index (κ2) is 21.0. The number of thiophene rings is 2. The number of anilines is 15. The Hall–Kier alpha value is -11.6. The molecule has 6 heterocycles. The monoisotopic (exact) mass is 1230 g/mol. The molecule has 2 aromatic heterocycles. The molecule has 14 aromatic carbocycles. The van der Waals surface area contributed by atoms with Crippen LogP contribution in [-0.2, 0) is 0 Å². The Kier molecular flexibility index (Phi) is 11.9. The van der Waals surface area contributed by atoms with E-state index < -0.39 is 0 Å². The molecule has 0 radical (unpaired) electrons. The van der Waals surface area contributed by atoms with Crippen molar-refractivity contribution in [2.24, 2.45) is 0 Å². The van der Waals surface area contributed by atoms with Crippen LogP contribution in [0.4, 0.5) is 85.3 Å². The Bertz CT molecular complexity index is 5730. The fraction of sp³-hybridized carbons (Fsp3) is 0. The fourth-order valence-electron chi connectivity index (χ4n) is 15.8. The standard InChI is InChI=1S/C84H53B2N5OS2/c1-6-26-54(27-7-1)87(71-44-24-38-63-61-36-16-22-46-79(61)93-83(63)71)59-48-74-81-75(49-59)91(58-34-14-5-15-35-58)73-53-77-68(52-67(73)85(81)65-40-18-20-42-69(65)89(74)56-30-10-3-11-31-56)86-66-41-19-21-43-70(66)90(57-32-12-4-13-33-57)76-50-60(51-78(92-77)82(76)86)88(55-28-8-2-9-29-55)72-45-25-39-64-62-37-17-23-47-80(62)94-84(64)72/h1-53H. The Balaban J connectivity index is 0.859. The highest BCUT2D eigenvalue weighted by molar-refractivity contribution is 7.27. The molecule has 0 amide bonds. The lowest BCUT2D eigenvalue weighted by atomic mass is 9.30. The molecular formula is C84H53B2N5OS2. The molecule has 0 aliphatic carbocycles. The lowest BCUT2D eigenvalue weighted by Gasteiger charge is -2.46. The Morgan fingerprint density at radius 2 is 0.660 bits per heavy atom. The van der Waals surface area contributed by atoms with E-state index in [4.69, 9.17) is 4.74 Å². The molecule has 0 bridgehead atoms. The molecule has 438 valence electrons. The van der Waals surface area contributed by atoms with E-state index in [0.29, 0.717) is 0 Å². The van der Waals surface area contributed by atoms with E-state index >= 15 is 0 Å². The first-order valence-electron chi connectivity index (χ1n) is 32.1. The van der Waals surface area contributed by atoms with Gasteiger partial charge in [0.2, 0.25) is 0 Å². The van der Waals surface area contributed by atoms with E-state index in [1.165, 1.54) is 62.2 Å². The zero-order valence-corrected chi connectivity index (χ0v) is 52.3. The van der Waals surface area contributed by atoms with Gasteiger partial charge in [-0.2, -0.15) is 0 Å². The third-order valence-electron chi connectivity index (χ3n) is 19.6. The molecule has 0 atom stereocenters. The van der Waals surface area contributed by atoms with Crippen molar-refractivity contribution in [2.75, 3.05) is 24.5 Å². The molecule has 0 saturated carbocycles. The summed E-state index contributed by atoms with van der Waals surface area (Å²) in [6.07, 6.45) is 0. The summed E-state index contributed by atoms with van der Waals surface area (Å²) < 4.78 is 12.9. The van der Waals surface area contributed by atoms with Crippen molar-refractivity contribution in [3.8, 4) is 11.5 Å². The van der Waals surface area contributed by atoms with Crippen molar-refractivity contribution in [1.29, 1.82) is 0 Å². The van der Waals surface area contributed by atoms with E-state index in [2.05, 4.69) is 346 Å². The molecule has 0 fully saturated rings. The molecule has 0 saturated heterocycles. The van der Waals surface area contributed by atoms with Crippen LogP contribution in [-0.4, -0.2) is 13.4 Å². The molecule has 0 unspecified atom stereocenters. The molecular weight excluding hydrogens is 1180 g/mol. The lowest BCUT2D eigenvalue weighted by molar-refractivity contribution is 0.488. The number of rotatable bonds is 9. The van der Waals surface area contributed by atoms with Crippen LogP contribution in [0.3, 0.4) is 0 Å². The minimum atomic E-state index is -0.190. The van der Waals surface area contributed by atoms with Crippen LogP contribution < -0.4 is 62.0 Å². The highest BCUT2D eigenvalue weighted by atomic mass is 32.1. The SMILES string of the molecule is c1ccc(N2c3ccccc3B3c4cc5c(cc4Oc4cc(N(c6ccccc6)c6cccc7c6sc6ccccc67)cc2c43)N(c2ccccc2)c2cc(N(c3ccccc3)c3cccc4c3sc3ccccc34)cc3c2B5c2ccccc2N3c2ccccc2)cc1. The molecule has 6 nitrogen and oxygen atoms in total. The molecule has 20 rings (SSSR count). The van der Waals surface area contributed by atoms with E-state index in [-0.39, 0.29) is 13.4 Å². The summed E-state index contributed by atoms with van der Waals surface area (Å²) in [6, 6.07) is 119. The first-order chi connectivity index (χ1) is 46.7. The predicted octanol–water partition coefficient (Wildman–Crippen LogP) is 19.8. The molecule has 4 aliphatic heterocycles. The first-order valence-corrected chi connectivity index (χ1v) is 33.8. The summed E-state index contributed by atoms with van der Waals surface area (Å²) in [4.78, 5) is 12.5. The number of hydrogen-bond donors (Lipinski definition) is 0. The van der Waals surface area contributed by atoms with E-state index in [0.717, 1.165) is 108 Å². The maximum absolute atomic E-state index is 7.86. The van der Waals surface area contributed by atoms with E-state index in [1.807, 2.05) is 22.7 Å². The summed E-state index contributed by atoms with van der Waals surface area (Å²) in [5.41, 5.74) is 23.5. The second-order valence-electron chi connectivity index (χ2n) is 24.7. The first kappa shape index (κ1) is 53.1. The number of benzene rings is 14. The number of hydrogen-bond acceptors (Lipinski definition) is 8. The summed E-state index contributed by atoms with van der Waals surface area (Å²) in [5, 5.41) is 5.02. The number of ether oxygens (including phenoxy) is 1. The van der Waals surface area contributed by atoms with E-state index in [9.17, 15) is 0 Å². The van der Waals surface area contributed by atoms with Crippen LogP contribution in [0.25, 0.3) is 40.3 Å². The van der Waals surface area contributed by atoms with Gasteiger partial charge in [-0.1, -0.05) is 194 Å². The minimum Gasteiger partial charge on any atom is -0.458 e. The molecule has 0 N–H and O–H groups in total. The van der Waals surface area contributed by atoms with Crippen LogP contribution in [0.1, 0.15) is 0 Å². The maximum Gasteiger partial charge on any atom is 0.256 e. The molecule has 10 heteroatoms. The maximum atomic E-state index is 7.86. The Morgan fingerprint density at radius 3 is 1.16 bits per heavy atom. The van der Waals surface area contributed by atoms with Gasteiger partial charge in [0.15, 0.2) is 0 Å². The van der Waals surface area contributed by atoms with Gasteiger partial charge in [0, 0.05) is 106 Å². The zero-order valence-electron chi connectivity index (χ0n) is 50.7. The van der Waals surface area contributed by atoms with E-state index in [1.54, 1.807) is 0 Å². The van der Waals surface area contributed by atoms with Gasteiger partial charge in [-0.3, -0.25) is 0 Å². The molecule has 94 heavy (non-hydrogen) atoms. The topological polar surface area (TPSA) is 25.4 Å². The average Bonchev–Trinajstić information content (AvgIpc) is 0.826. The lowest BCUT2D eigenvalue weighted by Crippen LogP contribution is -2.64. The third kappa shape index (κ3) is 7.97. The number of nitrogens with zero attached hydrogens (tertiary/aromatic N) is 5. The van der Waals surface area contributed by atoms with Gasteiger partial charge in [0.25, 0.3) is 13.4 Å². The number of fused-ring (bicyclic) bond motifs is 14. The molecule has 4 aliphatic rings. The quantitative estimate of drug-likeness (QED) is 0.134. The predicted molar refractivity (Wildman–Crippen MR) is 401 cm³/mol. The molecule has 0 spiro atoms. The van der Waals surface area contributed by atoms with Crippen LogP contribution in [0, 0.1) is 0 Å². The Morgan fingerprint density at radius 1 is 0.266 bits per heavy atom. The molecule has 16 aromatic rings. The normalized spacial score (nSPS) is 13.1. The van der Waals surface area contributed by atoms with Crippen molar-refractivity contribution in [1.82, 2.24) is 0 Å². The van der Waals surface area contributed by atoms with Gasteiger partial charge in [0.1, 0.15) is 11.5 Å². The van der Waals surface area contributed by atoms with Crippen molar-refractivity contribution >= 4 is 195 Å². The van der Waals surface area contributed by atoms with Gasteiger partial charge in [-0.25, -0.2) is 0 Å². The third-order valence-corrected chi connectivity index (χ3v) is 22.0. The smallest absolute Gasteiger partial charge is 0.256 e. The Labute approximate surface area is 553 Å². The minimum absolute atomic E-state index is 0.175.